The minimum absolute atomic E-state index is 0.0307. The SMILES string of the molecule is C/C(=C/c1c[nH]c(C(=O)NCC(C)C)c1)[N+](=O)[O-]. The minimum Gasteiger partial charge on any atom is -0.357 e. The molecule has 0 fully saturated rings. The summed E-state index contributed by atoms with van der Waals surface area (Å²) in [6.45, 7) is 6.01. The van der Waals surface area contributed by atoms with E-state index in [4.69, 9.17) is 0 Å². The van der Waals surface area contributed by atoms with Gasteiger partial charge in [0.1, 0.15) is 5.69 Å². The van der Waals surface area contributed by atoms with Crippen molar-refractivity contribution in [3.05, 3.63) is 39.3 Å². The summed E-state index contributed by atoms with van der Waals surface area (Å²) in [5.41, 5.74) is 1.04. The lowest BCUT2D eigenvalue weighted by molar-refractivity contribution is -0.422. The molecule has 1 rings (SSSR count). The third kappa shape index (κ3) is 4.04. The highest BCUT2D eigenvalue weighted by Gasteiger charge is 2.09. The fourth-order valence-electron chi connectivity index (χ4n) is 1.31. The van der Waals surface area contributed by atoms with Crippen LogP contribution in [0, 0.1) is 16.0 Å². The maximum atomic E-state index is 11.7. The molecule has 6 nitrogen and oxygen atoms in total. The van der Waals surface area contributed by atoms with Crippen molar-refractivity contribution in [2.45, 2.75) is 20.8 Å². The van der Waals surface area contributed by atoms with E-state index in [1.807, 2.05) is 13.8 Å². The molecule has 2 N–H and O–H groups in total. The number of aromatic amines is 1. The Hall–Kier alpha value is -2.11. The maximum Gasteiger partial charge on any atom is 0.267 e. The number of nitrogens with one attached hydrogen (secondary N) is 2. The van der Waals surface area contributed by atoms with Gasteiger partial charge in [-0.15, -0.1) is 0 Å². The Morgan fingerprint density at radius 1 is 1.61 bits per heavy atom. The molecule has 0 aliphatic carbocycles. The van der Waals surface area contributed by atoms with E-state index in [0.717, 1.165) is 0 Å². The Kier molecular flexibility index (Phi) is 4.65. The van der Waals surface area contributed by atoms with Crippen molar-refractivity contribution in [2.75, 3.05) is 6.54 Å². The zero-order valence-electron chi connectivity index (χ0n) is 10.7. The van der Waals surface area contributed by atoms with Crippen LogP contribution in [0.4, 0.5) is 0 Å². The molecule has 0 aromatic carbocycles. The summed E-state index contributed by atoms with van der Waals surface area (Å²) in [5.74, 6) is 0.169. The molecular formula is C12H17N3O3. The van der Waals surface area contributed by atoms with Crippen molar-refractivity contribution in [3.8, 4) is 0 Å². The van der Waals surface area contributed by atoms with Crippen LogP contribution in [0.2, 0.25) is 0 Å². The molecule has 1 heterocycles. The molecule has 0 unspecified atom stereocenters. The van der Waals surface area contributed by atoms with Gasteiger partial charge in [0, 0.05) is 25.7 Å². The van der Waals surface area contributed by atoms with E-state index in [9.17, 15) is 14.9 Å². The Labute approximate surface area is 105 Å². The van der Waals surface area contributed by atoms with Crippen LogP contribution in [0.25, 0.3) is 6.08 Å². The smallest absolute Gasteiger partial charge is 0.267 e. The van der Waals surface area contributed by atoms with Gasteiger partial charge in [-0.2, -0.15) is 0 Å². The molecule has 0 bridgehead atoms. The number of nitrogens with zero attached hydrogens (tertiary/aromatic N) is 1. The topological polar surface area (TPSA) is 88.0 Å². The quantitative estimate of drug-likeness (QED) is 0.620. The number of hydrogen-bond donors (Lipinski definition) is 2. The first-order valence-electron chi connectivity index (χ1n) is 5.69. The van der Waals surface area contributed by atoms with E-state index in [0.29, 0.717) is 23.7 Å². The minimum atomic E-state index is -0.467. The van der Waals surface area contributed by atoms with Gasteiger partial charge < -0.3 is 10.3 Å². The number of amides is 1. The van der Waals surface area contributed by atoms with Crippen molar-refractivity contribution in [1.29, 1.82) is 0 Å². The Balaban J connectivity index is 2.71. The second-order valence-electron chi connectivity index (χ2n) is 4.49. The van der Waals surface area contributed by atoms with Gasteiger partial charge in [0.25, 0.3) is 5.91 Å². The molecule has 0 aliphatic rings. The van der Waals surface area contributed by atoms with Crippen molar-refractivity contribution < 1.29 is 9.72 Å². The molecule has 0 aliphatic heterocycles. The van der Waals surface area contributed by atoms with Crippen molar-refractivity contribution >= 4 is 12.0 Å². The standard InChI is InChI=1S/C12H17N3O3/c1-8(2)6-14-12(16)11-5-10(7-13-11)4-9(3)15(17)18/h4-5,7-8,13H,6H2,1-3H3,(H,14,16)/b9-4-. The lowest BCUT2D eigenvalue weighted by atomic mass is 10.2. The van der Waals surface area contributed by atoms with Gasteiger partial charge in [0.2, 0.25) is 5.70 Å². The van der Waals surface area contributed by atoms with Crippen molar-refractivity contribution in [3.63, 3.8) is 0 Å². The van der Waals surface area contributed by atoms with Crippen LogP contribution in [0.5, 0.6) is 0 Å². The van der Waals surface area contributed by atoms with E-state index in [1.54, 1.807) is 12.3 Å². The molecule has 1 aromatic heterocycles. The largest absolute Gasteiger partial charge is 0.357 e. The fourth-order valence-corrected chi connectivity index (χ4v) is 1.31. The third-order valence-corrected chi connectivity index (χ3v) is 2.28. The molecule has 18 heavy (non-hydrogen) atoms. The van der Waals surface area contributed by atoms with Crippen LogP contribution >= 0.6 is 0 Å². The average molecular weight is 251 g/mol. The molecule has 0 atom stereocenters. The summed E-state index contributed by atoms with van der Waals surface area (Å²) in [7, 11) is 0. The van der Waals surface area contributed by atoms with Gasteiger partial charge >= 0.3 is 0 Å². The highest BCUT2D eigenvalue weighted by molar-refractivity contribution is 5.93. The Bertz CT molecular complexity index is 475. The summed E-state index contributed by atoms with van der Waals surface area (Å²) in [6.07, 6.45) is 2.98. The van der Waals surface area contributed by atoms with Gasteiger partial charge in [-0.25, -0.2) is 0 Å². The maximum absolute atomic E-state index is 11.7. The van der Waals surface area contributed by atoms with Gasteiger partial charge in [-0.1, -0.05) is 13.8 Å². The van der Waals surface area contributed by atoms with Gasteiger partial charge in [0.05, 0.1) is 4.92 Å². The predicted molar refractivity (Wildman–Crippen MR) is 68.6 cm³/mol. The van der Waals surface area contributed by atoms with Gasteiger partial charge in [0.15, 0.2) is 0 Å². The molecular weight excluding hydrogens is 234 g/mol. The third-order valence-electron chi connectivity index (χ3n) is 2.28. The number of nitro groups is 1. The van der Waals surface area contributed by atoms with Crippen LogP contribution in [-0.4, -0.2) is 22.4 Å². The summed E-state index contributed by atoms with van der Waals surface area (Å²) >= 11 is 0. The zero-order chi connectivity index (χ0) is 13.7. The molecule has 1 amide bonds. The lowest BCUT2D eigenvalue weighted by Gasteiger charge is -2.05. The van der Waals surface area contributed by atoms with E-state index < -0.39 is 4.92 Å². The number of allylic oxidation sites excluding steroid dienone is 1. The number of hydrogen-bond acceptors (Lipinski definition) is 3. The Morgan fingerprint density at radius 2 is 2.28 bits per heavy atom. The highest BCUT2D eigenvalue weighted by atomic mass is 16.6. The lowest BCUT2D eigenvalue weighted by Crippen LogP contribution is -2.27. The van der Waals surface area contributed by atoms with Crippen LogP contribution in [0.1, 0.15) is 36.8 Å². The number of carbonyl (C=O) groups excluding carboxylic acids is 1. The van der Waals surface area contributed by atoms with Crippen molar-refractivity contribution in [2.24, 2.45) is 5.92 Å². The number of aromatic nitrogens is 1. The fraction of sp³-hybridized carbons (Fsp3) is 0.417. The number of carbonyl (C=O) groups is 1. The summed E-state index contributed by atoms with van der Waals surface area (Å²) in [6, 6.07) is 1.59. The summed E-state index contributed by atoms with van der Waals surface area (Å²) < 4.78 is 0. The first kappa shape index (κ1) is 14.0. The van der Waals surface area contributed by atoms with Crippen LogP contribution < -0.4 is 5.32 Å². The molecule has 0 saturated heterocycles. The molecule has 0 spiro atoms. The first-order chi connectivity index (χ1) is 8.40. The zero-order valence-corrected chi connectivity index (χ0v) is 10.7. The normalized spacial score (nSPS) is 11.7. The van der Waals surface area contributed by atoms with E-state index in [1.165, 1.54) is 13.0 Å². The summed E-state index contributed by atoms with van der Waals surface area (Å²) in [5, 5.41) is 13.2. The molecule has 0 radical (unpaired) electrons. The van der Waals surface area contributed by atoms with Crippen LogP contribution in [0.15, 0.2) is 18.0 Å². The summed E-state index contributed by atoms with van der Waals surface area (Å²) in [4.78, 5) is 24.5. The molecule has 6 heteroatoms. The second-order valence-corrected chi connectivity index (χ2v) is 4.49. The van der Waals surface area contributed by atoms with Gasteiger partial charge in [-0.05, 0) is 17.5 Å². The predicted octanol–water partition coefficient (Wildman–Crippen LogP) is 2.04. The second kappa shape index (κ2) is 6.00. The first-order valence-corrected chi connectivity index (χ1v) is 5.69. The van der Waals surface area contributed by atoms with E-state index >= 15 is 0 Å². The van der Waals surface area contributed by atoms with E-state index in [2.05, 4.69) is 10.3 Å². The monoisotopic (exact) mass is 251 g/mol. The molecule has 98 valence electrons. The van der Waals surface area contributed by atoms with E-state index in [-0.39, 0.29) is 11.6 Å². The van der Waals surface area contributed by atoms with Gasteiger partial charge in [-0.3, -0.25) is 14.9 Å². The number of H-pyrrole nitrogens is 1. The Morgan fingerprint density at radius 3 is 2.83 bits per heavy atom. The van der Waals surface area contributed by atoms with Crippen molar-refractivity contribution in [1.82, 2.24) is 10.3 Å². The average Bonchev–Trinajstić information content (AvgIpc) is 2.74. The number of rotatable bonds is 5. The van der Waals surface area contributed by atoms with Crippen LogP contribution in [0.3, 0.4) is 0 Å². The molecule has 0 saturated carbocycles. The van der Waals surface area contributed by atoms with Crippen LogP contribution in [-0.2, 0) is 0 Å². The molecule has 1 aromatic rings. The highest BCUT2D eigenvalue weighted by Crippen LogP contribution is 2.09.